The van der Waals surface area contributed by atoms with Crippen LogP contribution in [0.1, 0.15) is 57.7 Å². The fourth-order valence-electron chi connectivity index (χ4n) is 5.93. The second-order valence-electron chi connectivity index (χ2n) is 10.0. The normalized spacial score (nSPS) is 22.7. The average molecular weight is 482 g/mol. The number of hydrogen-bond acceptors (Lipinski definition) is 5. The molecule has 1 aromatic heterocycles. The van der Waals surface area contributed by atoms with Crippen LogP contribution in [0.3, 0.4) is 0 Å². The molecule has 0 spiro atoms. The summed E-state index contributed by atoms with van der Waals surface area (Å²) in [5, 5.41) is 8.92. The van der Waals surface area contributed by atoms with Crippen LogP contribution in [-0.4, -0.2) is 70.4 Å². The van der Waals surface area contributed by atoms with E-state index in [1.54, 1.807) is 6.92 Å². The van der Waals surface area contributed by atoms with Gasteiger partial charge in [0.05, 0.1) is 19.2 Å². The van der Waals surface area contributed by atoms with E-state index in [1.807, 2.05) is 23.1 Å². The molecular weight excluding hydrogens is 442 g/mol. The Kier molecular flexibility index (Phi) is 7.79. The van der Waals surface area contributed by atoms with Crippen LogP contribution < -0.4 is 5.73 Å². The molecule has 2 aliphatic rings. The highest BCUT2D eigenvalue weighted by Crippen LogP contribution is 2.31. The highest BCUT2D eigenvalue weighted by molar-refractivity contribution is 5.98. The summed E-state index contributed by atoms with van der Waals surface area (Å²) >= 11 is 0. The van der Waals surface area contributed by atoms with Crippen molar-refractivity contribution >= 4 is 28.6 Å². The van der Waals surface area contributed by atoms with E-state index in [0.29, 0.717) is 12.5 Å². The van der Waals surface area contributed by atoms with Gasteiger partial charge in [-0.2, -0.15) is 0 Å². The molecule has 0 unspecified atom stereocenters. The minimum absolute atomic E-state index is 0.0790. The first-order valence-corrected chi connectivity index (χ1v) is 13.0. The Bertz CT molecular complexity index is 1090. The fourth-order valence-corrected chi connectivity index (χ4v) is 5.93. The van der Waals surface area contributed by atoms with E-state index >= 15 is 0 Å². The van der Waals surface area contributed by atoms with Gasteiger partial charge in [0.1, 0.15) is 5.84 Å². The Hall–Kier alpha value is -2.87. The van der Waals surface area contributed by atoms with Gasteiger partial charge >= 0.3 is 5.97 Å². The first kappa shape index (κ1) is 25.2. The highest BCUT2D eigenvalue weighted by atomic mass is 16.5. The Balaban J connectivity index is 1.47. The number of rotatable bonds is 9. The minimum Gasteiger partial charge on any atom is -0.465 e. The van der Waals surface area contributed by atoms with Crippen molar-refractivity contribution in [1.82, 2.24) is 14.4 Å². The lowest BCUT2D eigenvalue weighted by Crippen LogP contribution is -2.49. The maximum atomic E-state index is 13.6. The number of likely N-dealkylation sites (tertiary alicyclic amines) is 2. The highest BCUT2D eigenvalue weighted by Gasteiger charge is 2.40. The maximum absolute atomic E-state index is 13.6. The Morgan fingerprint density at radius 3 is 2.74 bits per heavy atom. The summed E-state index contributed by atoms with van der Waals surface area (Å²) in [6.07, 6.45) is 4.55. The standard InChI is InChI=1S/C27H39N5O3/c1-4-31-22(14-19-8-9-20(26(28)29)15-24(19)31)11-10-21-13-18(3)16-32(21)27(34)23-7-6-12-30(23)17-25(33)35-5-2/h8-9,14-15,18,21,23H,4-7,10-13,16-17H2,1-3H3,(H3,28,29)/t18-,21-,23+/m0/s1. The molecule has 4 rings (SSSR count). The van der Waals surface area contributed by atoms with Crippen molar-refractivity contribution in [3.63, 3.8) is 0 Å². The molecule has 2 fully saturated rings. The number of nitrogens with zero attached hydrogens (tertiary/aromatic N) is 3. The summed E-state index contributed by atoms with van der Waals surface area (Å²) in [5.74, 6) is 0.469. The molecule has 2 saturated heterocycles. The number of ether oxygens (including phenoxy) is 1. The van der Waals surface area contributed by atoms with Crippen LogP contribution in [0.2, 0.25) is 0 Å². The van der Waals surface area contributed by atoms with Gasteiger partial charge in [-0.3, -0.25) is 19.9 Å². The van der Waals surface area contributed by atoms with Gasteiger partial charge in [-0.05, 0) is 75.9 Å². The summed E-state index contributed by atoms with van der Waals surface area (Å²) in [6.45, 7) is 9.11. The molecule has 8 heteroatoms. The van der Waals surface area contributed by atoms with Crippen molar-refractivity contribution < 1.29 is 14.3 Å². The first-order chi connectivity index (χ1) is 16.8. The molecule has 190 valence electrons. The molecule has 0 radical (unpaired) electrons. The molecule has 1 aromatic carbocycles. The van der Waals surface area contributed by atoms with Crippen LogP contribution in [0.5, 0.6) is 0 Å². The van der Waals surface area contributed by atoms with E-state index in [9.17, 15) is 9.59 Å². The second kappa shape index (κ2) is 10.8. The number of nitrogen functional groups attached to an aromatic ring is 1. The van der Waals surface area contributed by atoms with Gasteiger partial charge in [-0.1, -0.05) is 19.1 Å². The molecule has 1 amide bonds. The van der Waals surface area contributed by atoms with Gasteiger partial charge in [0.25, 0.3) is 0 Å². The average Bonchev–Trinajstić information content (AvgIpc) is 3.53. The van der Waals surface area contributed by atoms with E-state index in [2.05, 4.69) is 29.4 Å². The molecular formula is C27H39N5O3. The van der Waals surface area contributed by atoms with Crippen LogP contribution in [-0.2, 0) is 27.3 Å². The summed E-state index contributed by atoms with van der Waals surface area (Å²) in [6, 6.07) is 8.14. The number of aryl methyl sites for hydroxylation is 2. The molecule has 3 heterocycles. The number of carbonyl (C=O) groups is 2. The zero-order valence-corrected chi connectivity index (χ0v) is 21.3. The minimum atomic E-state index is -0.251. The number of hydrogen-bond donors (Lipinski definition) is 2. The van der Waals surface area contributed by atoms with Gasteiger partial charge in [0.15, 0.2) is 0 Å². The van der Waals surface area contributed by atoms with Gasteiger partial charge in [0, 0.05) is 35.9 Å². The van der Waals surface area contributed by atoms with Crippen molar-refractivity contribution in [2.45, 2.75) is 71.5 Å². The van der Waals surface area contributed by atoms with E-state index in [0.717, 1.165) is 68.2 Å². The van der Waals surface area contributed by atoms with Crippen molar-refractivity contribution in [2.24, 2.45) is 11.7 Å². The van der Waals surface area contributed by atoms with Gasteiger partial charge in [0.2, 0.25) is 5.91 Å². The lowest BCUT2D eigenvalue weighted by Gasteiger charge is -2.31. The number of amides is 1. The number of carbonyl (C=O) groups excluding carboxylic acids is 2. The van der Waals surface area contributed by atoms with E-state index in [-0.39, 0.29) is 36.3 Å². The summed E-state index contributed by atoms with van der Waals surface area (Å²) in [4.78, 5) is 29.8. The summed E-state index contributed by atoms with van der Waals surface area (Å²) in [7, 11) is 0. The second-order valence-corrected chi connectivity index (χ2v) is 10.0. The maximum Gasteiger partial charge on any atom is 0.320 e. The monoisotopic (exact) mass is 481 g/mol. The number of nitrogens with two attached hydrogens (primary N) is 1. The van der Waals surface area contributed by atoms with Crippen molar-refractivity contribution in [1.29, 1.82) is 5.41 Å². The zero-order valence-electron chi connectivity index (χ0n) is 21.3. The Morgan fingerprint density at radius 2 is 2.03 bits per heavy atom. The van der Waals surface area contributed by atoms with Crippen LogP contribution in [0.4, 0.5) is 0 Å². The third kappa shape index (κ3) is 5.37. The molecule has 2 aromatic rings. The quantitative estimate of drug-likeness (QED) is 0.325. The predicted molar refractivity (Wildman–Crippen MR) is 137 cm³/mol. The number of amidine groups is 1. The lowest BCUT2D eigenvalue weighted by molar-refractivity contribution is -0.146. The molecule has 35 heavy (non-hydrogen) atoms. The van der Waals surface area contributed by atoms with Gasteiger partial charge < -0.3 is 19.9 Å². The van der Waals surface area contributed by atoms with Crippen molar-refractivity contribution in [3.05, 3.63) is 35.5 Å². The number of aromatic nitrogens is 1. The molecule has 2 aliphatic heterocycles. The smallest absolute Gasteiger partial charge is 0.320 e. The number of nitrogens with one attached hydrogen (secondary N) is 1. The molecule has 0 saturated carbocycles. The first-order valence-electron chi connectivity index (χ1n) is 13.0. The number of benzene rings is 1. The topological polar surface area (TPSA) is 105 Å². The predicted octanol–water partition coefficient (Wildman–Crippen LogP) is 3.14. The SMILES string of the molecule is CCOC(=O)CN1CCC[C@@H]1C(=O)N1C[C@@H](C)C[C@@H]1CCc1cc2ccc(C(=N)N)cc2n1CC. The van der Waals surface area contributed by atoms with Crippen LogP contribution >= 0.6 is 0 Å². The lowest BCUT2D eigenvalue weighted by atomic mass is 10.0. The van der Waals surface area contributed by atoms with Crippen molar-refractivity contribution in [2.75, 3.05) is 26.2 Å². The zero-order chi connectivity index (χ0) is 25.1. The molecule has 0 aliphatic carbocycles. The molecule has 0 bridgehead atoms. The van der Waals surface area contributed by atoms with E-state index in [4.69, 9.17) is 15.9 Å². The van der Waals surface area contributed by atoms with E-state index in [1.165, 1.54) is 5.69 Å². The van der Waals surface area contributed by atoms with Gasteiger partial charge in [-0.25, -0.2) is 0 Å². The van der Waals surface area contributed by atoms with Crippen molar-refractivity contribution in [3.8, 4) is 0 Å². The summed E-state index contributed by atoms with van der Waals surface area (Å²) in [5.41, 5.74) is 8.80. The number of esters is 1. The Morgan fingerprint density at radius 1 is 1.23 bits per heavy atom. The molecule has 3 N–H and O–H groups in total. The largest absolute Gasteiger partial charge is 0.465 e. The number of fused-ring (bicyclic) bond motifs is 1. The summed E-state index contributed by atoms with van der Waals surface area (Å²) < 4.78 is 7.42. The van der Waals surface area contributed by atoms with Gasteiger partial charge in [-0.15, -0.1) is 0 Å². The van der Waals surface area contributed by atoms with E-state index < -0.39 is 0 Å². The third-order valence-corrected chi connectivity index (χ3v) is 7.54. The fraction of sp³-hybridized carbons (Fsp3) is 0.593. The van der Waals surface area contributed by atoms with Crippen LogP contribution in [0.25, 0.3) is 10.9 Å². The molecule has 3 atom stereocenters. The molecule has 8 nitrogen and oxygen atoms in total. The third-order valence-electron chi connectivity index (χ3n) is 7.54. The van der Waals surface area contributed by atoms with Crippen LogP contribution in [0.15, 0.2) is 24.3 Å². The van der Waals surface area contributed by atoms with Crippen LogP contribution in [0, 0.1) is 11.3 Å². The Labute approximate surface area is 207 Å².